The van der Waals surface area contributed by atoms with E-state index in [0.29, 0.717) is 0 Å². The maximum atomic E-state index is 5.47. The van der Waals surface area contributed by atoms with Gasteiger partial charge in [0.15, 0.2) is 7.41 Å². The molecule has 0 amide bonds. The molecule has 0 saturated carbocycles. The molecule has 3 radical (unpaired) electrons. The van der Waals surface area contributed by atoms with Gasteiger partial charge in [0, 0.05) is 0 Å². The van der Waals surface area contributed by atoms with Crippen LogP contribution in [0.2, 0.25) is 5.72 Å². The van der Waals surface area contributed by atoms with Crippen molar-refractivity contribution in [3.63, 3.8) is 0 Å². The molecule has 0 aromatic heterocycles. The van der Waals surface area contributed by atoms with Crippen LogP contribution >= 0.6 is 0 Å². The van der Waals surface area contributed by atoms with Crippen molar-refractivity contribution in [3.05, 3.63) is 0 Å². The SMILES string of the molecule is [B]C([B]NC)CC. The van der Waals surface area contributed by atoms with E-state index >= 15 is 0 Å². The fraction of sp³-hybridized carbons (Fsp3) is 1.00. The van der Waals surface area contributed by atoms with Crippen molar-refractivity contribution in [2.24, 2.45) is 0 Å². The van der Waals surface area contributed by atoms with E-state index in [1.54, 1.807) is 0 Å². The Morgan fingerprint density at radius 2 is 2.43 bits per heavy atom. The highest BCUT2D eigenvalue weighted by Gasteiger charge is 1.95. The first kappa shape index (κ1) is 7.09. The van der Waals surface area contributed by atoms with Gasteiger partial charge in [0.2, 0.25) is 0 Å². The van der Waals surface area contributed by atoms with Gasteiger partial charge in [0.05, 0.1) is 7.85 Å². The minimum absolute atomic E-state index is 0.213. The van der Waals surface area contributed by atoms with Gasteiger partial charge < -0.3 is 5.23 Å². The summed E-state index contributed by atoms with van der Waals surface area (Å²) in [5.74, 6) is 0. The molecule has 0 fully saturated rings. The molecule has 37 valence electrons. The second kappa shape index (κ2) is 4.25. The largest absolute Gasteiger partial charge is 0.363 e. The van der Waals surface area contributed by atoms with Crippen molar-refractivity contribution in [1.82, 2.24) is 5.23 Å². The summed E-state index contributed by atoms with van der Waals surface area (Å²) in [5.41, 5.74) is 0.213. The molecule has 0 saturated heterocycles. The highest BCUT2D eigenvalue weighted by molar-refractivity contribution is 6.48. The highest BCUT2D eigenvalue weighted by atomic mass is 14.7. The Hall–Kier alpha value is 0.0899. The maximum absolute atomic E-state index is 5.47. The topological polar surface area (TPSA) is 12.0 Å². The van der Waals surface area contributed by atoms with Gasteiger partial charge in [-0.3, -0.25) is 0 Å². The number of hydrogen-bond acceptors (Lipinski definition) is 1. The van der Waals surface area contributed by atoms with Crippen LogP contribution in [0.3, 0.4) is 0 Å². The lowest BCUT2D eigenvalue weighted by Gasteiger charge is -2.01. The Balaban J connectivity index is 2.83. The molecular weight excluding hydrogens is 83.7 g/mol. The van der Waals surface area contributed by atoms with Gasteiger partial charge in [-0.15, -0.1) is 0 Å². The van der Waals surface area contributed by atoms with Crippen molar-refractivity contribution in [3.8, 4) is 0 Å². The number of rotatable bonds is 3. The van der Waals surface area contributed by atoms with Gasteiger partial charge in [-0.1, -0.05) is 19.1 Å². The first-order valence-corrected chi connectivity index (χ1v) is 2.57. The van der Waals surface area contributed by atoms with Gasteiger partial charge in [-0.2, -0.15) is 0 Å². The van der Waals surface area contributed by atoms with E-state index in [-0.39, 0.29) is 5.72 Å². The smallest absolute Gasteiger partial charge is 0.199 e. The van der Waals surface area contributed by atoms with Crippen LogP contribution in [0.4, 0.5) is 0 Å². The Morgan fingerprint density at radius 1 is 1.86 bits per heavy atom. The van der Waals surface area contributed by atoms with E-state index in [1.165, 1.54) is 0 Å². The second-order valence-electron chi connectivity index (χ2n) is 1.53. The van der Waals surface area contributed by atoms with Crippen LogP contribution in [-0.4, -0.2) is 22.3 Å². The summed E-state index contributed by atoms with van der Waals surface area (Å²) in [5, 5.41) is 2.87. The first-order chi connectivity index (χ1) is 3.31. The number of hydrogen-bond donors (Lipinski definition) is 1. The fourth-order valence-corrected chi connectivity index (χ4v) is 0.332. The third kappa shape index (κ3) is 3.93. The highest BCUT2D eigenvalue weighted by Crippen LogP contribution is 1.96. The molecule has 0 spiro atoms. The molecule has 0 aliphatic rings. The van der Waals surface area contributed by atoms with E-state index in [4.69, 9.17) is 7.85 Å². The zero-order chi connectivity index (χ0) is 5.70. The Labute approximate surface area is 47.5 Å². The summed E-state index contributed by atoms with van der Waals surface area (Å²) in [7, 11) is 9.20. The molecule has 1 nitrogen and oxygen atoms in total. The molecule has 0 aliphatic heterocycles. The Kier molecular flexibility index (Phi) is 4.31. The van der Waals surface area contributed by atoms with E-state index in [0.717, 1.165) is 6.42 Å². The predicted molar refractivity (Wildman–Crippen MR) is 34.6 cm³/mol. The average Bonchev–Trinajstić information content (AvgIpc) is 1.68. The summed E-state index contributed by atoms with van der Waals surface area (Å²) < 4.78 is 0. The maximum Gasteiger partial charge on any atom is 0.199 e. The van der Waals surface area contributed by atoms with Gasteiger partial charge in [-0.05, 0) is 7.05 Å². The molecule has 1 N–H and O–H groups in total. The average molecular weight is 93.8 g/mol. The summed E-state index contributed by atoms with van der Waals surface area (Å²) in [6.07, 6.45) is 1.00. The third-order valence-corrected chi connectivity index (χ3v) is 0.852. The summed E-state index contributed by atoms with van der Waals surface area (Å²) in [4.78, 5) is 0. The van der Waals surface area contributed by atoms with E-state index in [1.807, 2.05) is 14.5 Å². The molecular formula is C4H10B2N. The van der Waals surface area contributed by atoms with Crippen LogP contribution in [0.25, 0.3) is 0 Å². The Morgan fingerprint density at radius 3 is 2.57 bits per heavy atom. The summed E-state index contributed by atoms with van der Waals surface area (Å²) in [6, 6.07) is 0. The lowest BCUT2D eigenvalue weighted by atomic mass is 9.62. The predicted octanol–water partition coefficient (Wildman–Crippen LogP) is 0.149. The number of nitrogens with one attached hydrogen (secondary N) is 1. The molecule has 0 rings (SSSR count). The zero-order valence-electron chi connectivity index (χ0n) is 4.94. The lowest BCUT2D eigenvalue weighted by Crippen LogP contribution is -2.18. The quantitative estimate of drug-likeness (QED) is 0.490. The van der Waals surface area contributed by atoms with Gasteiger partial charge in [-0.25, -0.2) is 0 Å². The minimum Gasteiger partial charge on any atom is -0.363 e. The Bertz CT molecular complexity index is 40.7. The third-order valence-electron chi connectivity index (χ3n) is 0.852. The summed E-state index contributed by atoms with van der Waals surface area (Å²) in [6.45, 7) is 2.05. The molecule has 1 atom stereocenters. The van der Waals surface area contributed by atoms with Crippen LogP contribution in [0.15, 0.2) is 0 Å². The lowest BCUT2D eigenvalue weighted by molar-refractivity contribution is 0.991. The zero-order valence-corrected chi connectivity index (χ0v) is 4.94. The molecule has 0 aromatic carbocycles. The van der Waals surface area contributed by atoms with Gasteiger partial charge >= 0.3 is 0 Å². The van der Waals surface area contributed by atoms with Crippen molar-refractivity contribution >= 4 is 15.3 Å². The van der Waals surface area contributed by atoms with Crippen LogP contribution < -0.4 is 5.23 Å². The van der Waals surface area contributed by atoms with E-state index in [9.17, 15) is 0 Å². The molecule has 7 heavy (non-hydrogen) atoms. The molecule has 1 unspecified atom stereocenters. The van der Waals surface area contributed by atoms with Crippen LogP contribution in [0, 0.1) is 0 Å². The van der Waals surface area contributed by atoms with Crippen molar-refractivity contribution in [1.29, 1.82) is 0 Å². The molecule has 0 aromatic rings. The first-order valence-electron chi connectivity index (χ1n) is 2.57. The van der Waals surface area contributed by atoms with Crippen LogP contribution in [0.5, 0.6) is 0 Å². The monoisotopic (exact) mass is 94.1 g/mol. The molecule has 3 heteroatoms. The van der Waals surface area contributed by atoms with E-state index < -0.39 is 0 Å². The molecule has 0 bridgehead atoms. The van der Waals surface area contributed by atoms with Crippen LogP contribution in [-0.2, 0) is 0 Å². The summed E-state index contributed by atoms with van der Waals surface area (Å²) >= 11 is 0. The normalized spacial score (nSPS) is 13.4. The molecule has 0 aliphatic carbocycles. The van der Waals surface area contributed by atoms with Gasteiger partial charge in [0.25, 0.3) is 0 Å². The standard InChI is InChI=1S/C4H10B2N/c1-3-4(5)6-7-2/h4,7H,3H2,1-2H3. The van der Waals surface area contributed by atoms with E-state index in [2.05, 4.69) is 12.2 Å². The van der Waals surface area contributed by atoms with Crippen molar-refractivity contribution < 1.29 is 0 Å². The molecule has 0 heterocycles. The fourth-order valence-electron chi connectivity index (χ4n) is 0.332. The van der Waals surface area contributed by atoms with Crippen molar-refractivity contribution in [2.45, 2.75) is 19.1 Å². The van der Waals surface area contributed by atoms with Crippen molar-refractivity contribution in [2.75, 3.05) is 7.05 Å². The minimum atomic E-state index is 0.213. The van der Waals surface area contributed by atoms with Gasteiger partial charge in [0.1, 0.15) is 0 Å². The van der Waals surface area contributed by atoms with Crippen LogP contribution in [0.1, 0.15) is 13.3 Å². The second-order valence-corrected chi connectivity index (χ2v) is 1.53.